The van der Waals surface area contributed by atoms with Gasteiger partial charge >= 0.3 is 5.97 Å². The van der Waals surface area contributed by atoms with E-state index in [0.29, 0.717) is 6.42 Å². The fourth-order valence-electron chi connectivity index (χ4n) is 7.01. The molecule has 0 radical (unpaired) electrons. The van der Waals surface area contributed by atoms with Gasteiger partial charge in [0.25, 0.3) is 0 Å². The van der Waals surface area contributed by atoms with Crippen molar-refractivity contribution in [2.24, 2.45) is 0 Å². The van der Waals surface area contributed by atoms with Gasteiger partial charge in [-0.2, -0.15) is 11.1 Å². The van der Waals surface area contributed by atoms with E-state index in [1.807, 2.05) is 0 Å². The van der Waals surface area contributed by atoms with Crippen LogP contribution in [0.5, 0.6) is 0 Å². The lowest BCUT2D eigenvalue weighted by atomic mass is 10.0. The van der Waals surface area contributed by atoms with E-state index in [1.54, 1.807) is 0 Å². The zero-order valence-corrected chi connectivity index (χ0v) is 33.6. The highest BCUT2D eigenvalue weighted by Crippen LogP contribution is 2.20. The minimum absolute atomic E-state index is 0.346. The Morgan fingerprint density at radius 2 is 0.500 bits per heavy atom. The zero-order valence-electron chi connectivity index (χ0n) is 31.8. The second-order valence-corrected chi connectivity index (χ2v) is 22.7. The standard InChI is InChI=1S/C42H85ClO2Si/c1-46(2,43)41-39-37-35-33-31-29-27-25-23-21-19-17-15-13-11-9-7-5-3-4-6-8-10-12-14-16-18-20-22-24-26-28-30-32-34-36-38-40-42(44)45/h3-41H2,1-2H3,(H,44,45). The third kappa shape index (κ3) is 44.0. The van der Waals surface area contributed by atoms with Gasteiger partial charge in [-0.15, -0.1) is 0 Å². The van der Waals surface area contributed by atoms with E-state index in [1.165, 1.54) is 231 Å². The summed E-state index contributed by atoms with van der Waals surface area (Å²) in [4.78, 5) is 10.5. The molecule has 0 aromatic rings. The number of hydrogen-bond acceptors (Lipinski definition) is 1. The molecule has 0 saturated carbocycles. The molecule has 276 valence electrons. The number of aliphatic carboxylic acids is 1. The summed E-state index contributed by atoms with van der Waals surface area (Å²) in [5.74, 6) is -0.648. The van der Waals surface area contributed by atoms with Gasteiger partial charge in [-0.1, -0.05) is 244 Å². The second-order valence-electron chi connectivity index (χ2n) is 15.7. The Bertz CT molecular complexity index is 591. The van der Waals surface area contributed by atoms with Crippen LogP contribution in [0.4, 0.5) is 0 Å². The maximum absolute atomic E-state index is 10.5. The first-order chi connectivity index (χ1) is 22.4. The Kier molecular flexibility index (Phi) is 37.8. The average Bonchev–Trinajstić information content (AvgIpc) is 3.01. The fourth-order valence-corrected chi connectivity index (χ4v) is 8.50. The average molecular weight is 686 g/mol. The van der Waals surface area contributed by atoms with Crippen LogP contribution in [0.2, 0.25) is 19.1 Å². The lowest BCUT2D eigenvalue weighted by molar-refractivity contribution is -0.137. The number of carboxylic acid groups (broad SMARTS) is 1. The van der Waals surface area contributed by atoms with Crippen LogP contribution in [-0.2, 0) is 4.79 Å². The lowest BCUT2D eigenvalue weighted by Gasteiger charge is -2.11. The molecule has 46 heavy (non-hydrogen) atoms. The molecule has 0 spiro atoms. The molecule has 0 aromatic heterocycles. The smallest absolute Gasteiger partial charge is 0.303 e. The van der Waals surface area contributed by atoms with E-state index >= 15 is 0 Å². The quantitative estimate of drug-likeness (QED) is 0.0396. The maximum atomic E-state index is 10.5. The van der Waals surface area contributed by atoms with E-state index in [0.717, 1.165) is 12.8 Å². The van der Waals surface area contributed by atoms with Crippen molar-refractivity contribution in [2.45, 2.75) is 263 Å². The lowest BCUT2D eigenvalue weighted by Crippen LogP contribution is -2.14. The summed E-state index contributed by atoms with van der Waals surface area (Å²) in [5.41, 5.74) is 0. The van der Waals surface area contributed by atoms with Crippen LogP contribution in [0.3, 0.4) is 0 Å². The van der Waals surface area contributed by atoms with Gasteiger partial charge in [0.05, 0.1) is 0 Å². The van der Waals surface area contributed by atoms with Crippen molar-refractivity contribution in [3.8, 4) is 0 Å². The summed E-state index contributed by atoms with van der Waals surface area (Å²) in [6, 6.07) is 1.29. The third-order valence-corrected chi connectivity index (χ3v) is 12.3. The molecule has 0 atom stereocenters. The zero-order chi connectivity index (χ0) is 33.7. The molecular weight excluding hydrogens is 600 g/mol. The van der Waals surface area contributed by atoms with Gasteiger partial charge in [-0.05, 0) is 12.5 Å². The highest BCUT2D eigenvalue weighted by Gasteiger charge is 2.15. The number of halogens is 1. The Balaban J connectivity index is 3.06. The van der Waals surface area contributed by atoms with Crippen molar-refractivity contribution >= 4 is 24.4 Å². The molecule has 0 bridgehead atoms. The van der Waals surface area contributed by atoms with Gasteiger partial charge in [0.2, 0.25) is 0 Å². The van der Waals surface area contributed by atoms with Crippen molar-refractivity contribution in [3.63, 3.8) is 0 Å². The number of carboxylic acids is 1. The molecule has 0 heterocycles. The second kappa shape index (κ2) is 37.8. The third-order valence-electron chi connectivity index (χ3n) is 10.2. The first-order valence-electron chi connectivity index (χ1n) is 21.3. The van der Waals surface area contributed by atoms with Gasteiger partial charge < -0.3 is 5.11 Å². The van der Waals surface area contributed by atoms with Gasteiger partial charge in [0, 0.05) is 6.42 Å². The molecule has 4 heteroatoms. The van der Waals surface area contributed by atoms with Crippen LogP contribution in [-0.4, -0.2) is 18.5 Å². The van der Waals surface area contributed by atoms with Crippen molar-refractivity contribution in [1.29, 1.82) is 0 Å². The number of rotatable bonds is 40. The summed E-state index contributed by atoms with van der Waals surface area (Å²) in [6.07, 6.45) is 52.6. The Morgan fingerprint density at radius 3 is 0.652 bits per heavy atom. The minimum atomic E-state index is -1.32. The number of unbranched alkanes of at least 4 members (excludes halogenated alkanes) is 36. The molecule has 0 aliphatic heterocycles. The van der Waals surface area contributed by atoms with Gasteiger partial charge in [0.1, 0.15) is 7.38 Å². The van der Waals surface area contributed by atoms with Crippen LogP contribution >= 0.6 is 11.1 Å². The van der Waals surface area contributed by atoms with Crippen molar-refractivity contribution in [1.82, 2.24) is 0 Å². The molecule has 1 N–H and O–H groups in total. The van der Waals surface area contributed by atoms with Crippen molar-refractivity contribution < 1.29 is 9.90 Å². The summed E-state index contributed by atoms with van der Waals surface area (Å²) in [6.45, 7) is 4.55. The predicted octanol–water partition coefficient (Wildman–Crippen LogP) is 16.3. The Morgan fingerprint density at radius 1 is 0.348 bits per heavy atom. The minimum Gasteiger partial charge on any atom is -0.481 e. The van der Waals surface area contributed by atoms with Crippen molar-refractivity contribution in [3.05, 3.63) is 0 Å². The van der Waals surface area contributed by atoms with E-state index in [2.05, 4.69) is 13.1 Å². The largest absolute Gasteiger partial charge is 0.481 e. The maximum Gasteiger partial charge on any atom is 0.303 e. The first-order valence-corrected chi connectivity index (χ1v) is 25.5. The molecular formula is C42H85ClO2Si. The topological polar surface area (TPSA) is 37.3 Å². The summed E-state index contributed by atoms with van der Waals surface area (Å²) in [5, 5.41) is 8.65. The Hall–Kier alpha value is -0.0231. The number of carbonyl (C=O) groups is 1. The normalized spacial score (nSPS) is 11.9. The van der Waals surface area contributed by atoms with E-state index in [9.17, 15) is 4.79 Å². The Labute approximate surface area is 296 Å². The molecule has 0 amide bonds. The molecule has 0 saturated heterocycles. The van der Waals surface area contributed by atoms with Gasteiger partial charge in [-0.25, -0.2) is 0 Å². The summed E-state index contributed by atoms with van der Waals surface area (Å²) < 4.78 is 0. The van der Waals surface area contributed by atoms with Crippen molar-refractivity contribution in [2.75, 3.05) is 0 Å². The van der Waals surface area contributed by atoms with Gasteiger partial charge in [-0.3, -0.25) is 4.79 Å². The summed E-state index contributed by atoms with van der Waals surface area (Å²) >= 11 is 6.40. The highest BCUT2D eigenvalue weighted by atomic mass is 35.6. The molecule has 0 unspecified atom stereocenters. The molecule has 2 nitrogen and oxygen atoms in total. The number of hydrogen-bond donors (Lipinski definition) is 1. The van der Waals surface area contributed by atoms with E-state index in [-0.39, 0.29) is 0 Å². The monoisotopic (exact) mass is 685 g/mol. The first kappa shape index (κ1) is 46.0. The highest BCUT2D eigenvalue weighted by molar-refractivity contribution is 7.19. The molecule has 0 fully saturated rings. The van der Waals surface area contributed by atoms with Crippen LogP contribution < -0.4 is 0 Å². The fraction of sp³-hybridized carbons (Fsp3) is 0.976. The van der Waals surface area contributed by atoms with Crippen LogP contribution in [0, 0.1) is 0 Å². The van der Waals surface area contributed by atoms with Crippen LogP contribution in [0.1, 0.15) is 244 Å². The molecule has 0 aliphatic carbocycles. The summed E-state index contributed by atoms with van der Waals surface area (Å²) in [7, 11) is -1.32. The molecule has 0 aliphatic rings. The van der Waals surface area contributed by atoms with E-state index < -0.39 is 13.4 Å². The van der Waals surface area contributed by atoms with E-state index in [4.69, 9.17) is 16.2 Å². The van der Waals surface area contributed by atoms with Crippen LogP contribution in [0.25, 0.3) is 0 Å². The van der Waals surface area contributed by atoms with Crippen LogP contribution in [0.15, 0.2) is 0 Å². The molecule has 0 aromatic carbocycles. The predicted molar refractivity (Wildman–Crippen MR) is 211 cm³/mol. The SMILES string of the molecule is C[Si](C)(Cl)CCCCCCCCCCCCCCCCCCCCCCCCCCCCCCCCCCCCCCCC(=O)O. The van der Waals surface area contributed by atoms with Gasteiger partial charge in [0.15, 0.2) is 0 Å². The molecule has 0 rings (SSSR count).